The number of nitrogens with zero attached hydrogens (tertiary/aromatic N) is 3. The topological polar surface area (TPSA) is 56.7 Å². The zero-order valence-electron chi connectivity index (χ0n) is 11.9. The van der Waals surface area contributed by atoms with Gasteiger partial charge < -0.3 is 5.73 Å². The maximum absolute atomic E-state index is 6.03. The molecule has 19 heavy (non-hydrogen) atoms. The van der Waals surface area contributed by atoms with Crippen LogP contribution >= 0.6 is 0 Å². The van der Waals surface area contributed by atoms with Gasteiger partial charge in [0.1, 0.15) is 5.82 Å². The van der Waals surface area contributed by atoms with Gasteiger partial charge in [0.2, 0.25) is 0 Å². The molecule has 0 bridgehead atoms. The van der Waals surface area contributed by atoms with Gasteiger partial charge >= 0.3 is 0 Å². The highest BCUT2D eigenvalue weighted by Crippen LogP contribution is 2.17. The Hall–Kier alpha value is -1.68. The van der Waals surface area contributed by atoms with Crippen LogP contribution < -0.4 is 5.73 Å². The van der Waals surface area contributed by atoms with E-state index < -0.39 is 0 Å². The van der Waals surface area contributed by atoms with Crippen molar-refractivity contribution >= 4 is 0 Å². The Labute approximate surface area is 114 Å². The molecule has 0 unspecified atom stereocenters. The Bertz CT molecular complexity index is 528. The first-order chi connectivity index (χ1) is 9.19. The van der Waals surface area contributed by atoms with Gasteiger partial charge in [-0.1, -0.05) is 32.9 Å². The van der Waals surface area contributed by atoms with Crippen molar-refractivity contribution in [3.05, 3.63) is 41.5 Å². The molecule has 102 valence electrons. The van der Waals surface area contributed by atoms with Crippen molar-refractivity contribution in [2.24, 2.45) is 5.73 Å². The highest BCUT2D eigenvalue weighted by molar-refractivity contribution is 5.35. The number of aryl methyl sites for hydroxylation is 2. The van der Waals surface area contributed by atoms with Crippen LogP contribution in [0, 0.1) is 0 Å². The van der Waals surface area contributed by atoms with Crippen molar-refractivity contribution in [1.82, 2.24) is 14.8 Å². The first-order valence-corrected chi connectivity index (χ1v) is 7.00. The molecular weight excluding hydrogens is 236 g/mol. The fourth-order valence-electron chi connectivity index (χ4n) is 2.08. The Morgan fingerprint density at radius 1 is 1.11 bits per heavy atom. The molecule has 0 radical (unpaired) electrons. The van der Waals surface area contributed by atoms with Gasteiger partial charge in [-0.25, -0.2) is 9.67 Å². The molecule has 2 rings (SSSR count). The van der Waals surface area contributed by atoms with Crippen LogP contribution in [0.1, 0.15) is 50.4 Å². The Morgan fingerprint density at radius 3 is 2.32 bits per heavy atom. The Balaban J connectivity index is 2.34. The molecule has 0 aliphatic rings. The molecular formula is C15H22N4. The maximum atomic E-state index is 6.03. The average molecular weight is 258 g/mol. The summed E-state index contributed by atoms with van der Waals surface area (Å²) in [5, 5.41) is 4.54. The summed E-state index contributed by atoms with van der Waals surface area (Å²) in [6.45, 7) is 6.27. The lowest BCUT2D eigenvalue weighted by Crippen LogP contribution is -2.09. The summed E-state index contributed by atoms with van der Waals surface area (Å²) in [4.78, 5) is 4.52. The summed E-state index contributed by atoms with van der Waals surface area (Å²) in [5.74, 6) is 1.90. The predicted molar refractivity (Wildman–Crippen MR) is 77.3 cm³/mol. The minimum Gasteiger partial charge on any atom is -0.324 e. The minimum atomic E-state index is 0.113. The first kappa shape index (κ1) is 13.7. The third kappa shape index (κ3) is 2.84. The van der Waals surface area contributed by atoms with E-state index in [1.54, 1.807) is 0 Å². The summed E-state index contributed by atoms with van der Waals surface area (Å²) in [6, 6.07) is 8.41. The van der Waals surface area contributed by atoms with Crippen LogP contribution in [0.15, 0.2) is 24.3 Å². The summed E-state index contributed by atoms with van der Waals surface area (Å²) in [6.07, 6.45) is 2.69. The van der Waals surface area contributed by atoms with Crippen LogP contribution in [-0.4, -0.2) is 14.8 Å². The van der Waals surface area contributed by atoms with E-state index in [-0.39, 0.29) is 6.04 Å². The van der Waals surface area contributed by atoms with Gasteiger partial charge in [0.15, 0.2) is 5.82 Å². The number of hydrogen-bond acceptors (Lipinski definition) is 3. The smallest absolute Gasteiger partial charge is 0.151 e. The SMILES string of the molecule is CCc1nc(CC)n(-c2ccc([C@@H](N)CC)cc2)n1. The second-order valence-corrected chi connectivity index (χ2v) is 4.67. The van der Waals surface area contributed by atoms with Crippen molar-refractivity contribution in [3.8, 4) is 5.69 Å². The van der Waals surface area contributed by atoms with Gasteiger partial charge in [-0.15, -0.1) is 0 Å². The molecule has 2 aromatic rings. The molecule has 4 nitrogen and oxygen atoms in total. The predicted octanol–water partition coefficient (Wildman–Crippen LogP) is 2.80. The number of hydrogen-bond donors (Lipinski definition) is 1. The zero-order chi connectivity index (χ0) is 13.8. The average Bonchev–Trinajstić information content (AvgIpc) is 2.90. The number of rotatable bonds is 5. The van der Waals surface area contributed by atoms with Crippen LogP contribution in [0.25, 0.3) is 5.69 Å². The van der Waals surface area contributed by atoms with Gasteiger partial charge in [-0.05, 0) is 24.1 Å². The number of aromatic nitrogens is 3. The molecule has 2 N–H and O–H groups in total. The van der Waals surface area contributed by atoms with Crippen molar-refractivity contribution in [2.45, 2.75) is 46.1 Å². The number of nitrogens with two attached hydrogens (primary N) is 1. The molecule has 0 spiro atoms. The van der Waals surface area contributed by atoms with E-state index >= 15 is 0 Å². The molecule has 0 saturated carbocycles. The van der Waals surface area contributed by atoms with Crippen LogP contribution in [0.3, 0.4) is 0 Å². The van der Waals surface area contributed by atoms with Crippen molar-refractivity contribution in [3.63, 3.8) is 0 Å². The second-order valence-electron chi connectivity index (χ2n) is 4.67. The Morgan fingerprint density at radius 2 is 1.79 bits per heavy atom. The van der Waals surface area contributed by atoms with Gasteiger partial charge in [0.25, 0.3) is 0 Å². The molecule has 1 atom stereocenters. The van der Waals surface area contributed by atoms with E-state index in [0.717, 1.165) is 36.6 Å². The molecule has 0 fully saturated rings. The van der Waals surface area contributed by atoms with Crippen LogP contribution in [-0.2, 0) is 12.8 Å². The van der Waals surface area contributed by atoms with E-state index in [4.69, 9.17) is 5.73 Å². The highest BCUT2D eigenvalue weighted by Gasteiger charge is 2.09. The largest absolute Gasteiger partial charge is 0.324 e. The van der Waals surface area contributed by atoms with Gasteiger partial charge in [0, 0.05) is 18.9 Å². The third-order valence-corrected chi connectivity index (χ3v) is 3.36. The normalized spacial score (nSPS) is 12.6. The van der Waals surface area contributed by atoms with Crippen molar-refractivity contribution in [2.75, 3.05) is 0 Å². The fourth-order valence-corrected chi connectivity index (χ4v) is 2.08. The van der Waals surface area contributed by atoms with Crippen LogP contribution in [0.5, 0.6) is 0 Å². The van der Waals surface area contributed by atoms with E-state index in [0.29, 0.717) is 0 Å². The monoisotopic (exact) mass is 258 g/mol. The van der Waals surface area contributed by atoms with Gasteiger partial charge in [-0.3, -0.25) is 0 Å². The molecule has 0 amide bonds. The highest BCUT2D eigenvalue weighted by atomic mass is 15.3. The van der Waals surface area contributed by atoms with E-state index in [2.05, 4.69) is 55.1 Å². The standard InChI is InChI=1S/C15H22N4/c1-4-13(16)11-7-9-12(10-8-11)19-15(6-3)17-14(5-2)18-19/h7-10,13H,4-6,16H2,1-3H3/t13-/m0/s1. The molecule has 1 heterocycles. The molecule has 0 saturated heterocycles. The summed E-state index contributed by atoms with van der Waals surface area (Å²) in [7, 11) is 0. The summed E-state index contributed by atoms with van der Waals surface area (Å²) >= 11 is 0. The lowest BCUT2D eigenvalue weighted by molar-refractivity contribution is 0.697. The van der Waals surface area contributed by atoms with E-state index in [9.17, 15) is 0 Å². The molecule has 0 aliphatic heterocycles. The van der Waals surface area contributed by atoms with Crippen LogP contribution in [0.4, 0.5) is 0 Å². The molecule has 1 aromatic carbocycles. The van der Waals surface area contributed by atoms with Crippen molar-refractivity contribution < 1.29 is 0 Å². The molecule has 4 heteroatoms. The fraction of sp³-hybridized carbons (Fsp3) is 0.467. The van der Waals surface area contributed by atoms with Crippen LogP contribution in [0.2, 0.25) is 0 Å². The number of benzene rings is 1. The quantitative estimate of drug-likeness (QED) is 0.897. The van der Waals surface area contributed by atoms with E-state index in [1.807, 2.05) is 4.68 Å². The molecule has 1 aromatic heterocycles. The second kappa shape index (κ2) is 5.97. The lowest BCUT2D eigenvalue weighted by Gasteiger charge is -2.10. The van der Waals surface area contributed by atoms with Gasteiger partial charge in [0.05, 0.1) is 5.69 Å². The van der Waals surface area contributed by atoms with E-state index in [1.165, 1.54) is 5.56 Å². The Kier molecular flexibility index (Phi) is 4.32. The van der Waals surface area contributed by atoms with Crippen molar-refractivity contribution in [1.29, 1.82) is 0 Å². The molecule has 0 aliphatic carbocycles. The zero-order valence-corrected chi connectivity index (χ0v) is 11.9. The summed E-state index contributed by atoms with van der Waals surface area (Å²) in [5.41, 5.74) is 8.25. The third-order valence-electron chi connectivity index (χ3n) is 3.36. The lowest BCUT2D eigenvalue weighted by atomic mass is 10.1. The van der Waals surface area contributed by atoms with Gasteiger partial charge in [-0.2, -0.15) is 5.10 Å². The minimum absolute atomic E-state index is 0.113. The first-order valence-electron chi connectivity index (χ1n) is 7.00. The summed E-state index contributed by atoms with van der Waals surface area (Å²) < 4.78 is 1.93. The maximum Gasteiger partial charge on any atom is 0.151 e.